The van der Waals surface area contributed by atoms with Gasteiger partial charge in [-0.25, -0.2) is 0 Å². The third-order valence-corrected chi connectivity index (χ3v) is 3.93. The fourth-order valence-corrected chi connectivity index (χ4v) is 2.29. The molecule has 0 fully saturated rings. The molecule has 0 heterocycles. The molecule has 0 saturated heterocycles. The molecule has 1 aliphatic carbocycles. The number of hydrogen-bond donors (Lipinski definition) is 0. The molecular formula is C11H11Cl3Ti. The summed E-state index contributed by atoms with van der Waals surface area (Å²) in [5, 5.41) is 0. The minimum absolute atomic E-state index is 0. The Labute approximate surface area is 122 Å². The van der Waals surface area contributed by atoms with Crippen LogP contribution in [0.1, 0.15) is 30.9 Å². The normalized spacial score (nSPS) is 17.2. The van der Waals surface area contributed by atoms with E-state index in [1.807, 2.05) is 0 Å². The molecule has 0 nitrogen and oxygen atoms in total. The van der Waals surface area contributed by atoms with Crippen molar-refractivity contribution in [3.63, 3.8) is 0 Å². The summed E-state index contributed by atoms with van der Waals surface area (Å²) in [7, 11) is 0. The number of hydrogen-bond acceptors (Lipinski definition) is 0. The first kappa shape index (κ1) is 17.9. The average Bonchev–Trinajstić information content (AvgIpc) is 2.33. The van der Waals surface area contributed by atoms with Crippen LogP contribution in [-0.4, -0.2) is 0 Å². The van der Waals surface area contributed by atoms with Gasteiger partial charge in [-0.05, 0) is 0 Å². The summed E-state index contributed by atoms with van der Waals surface area (Å²) in [6.07, 6.45) is 0. The van der Waals surface area contributed by atoms with E-state index in [9.17, 15) is 0 Å². The van der Waals surface area contributed by atoms with Crippen LogP contribution >= 0.6 is 0 Å². The van der Waals surface area contributed by atoms with Crippen molar-refractivity contribution in [2.75, 3.05) is 0 Å². The second-order valence-electron chi connectivity index (χ2n) is 3.35. The van der Waals surface area contributed by atoms with E-state index in [4.69, 9.17) is 0 Å². The van der Waals surface area contributed by atoms with Crippen LogP contribution in [-0.2, 0) is 20.4 Å². The van der Waals surface area contributed by atoms with Crippen LogP contribution in [0, 0.1) is 0 Å². The summed E-state index contributed by atoms with van der Waals surface area (Å²) in [5.41, 5.74) is 4.41. The topological polar surface area (TPSA) is 0 Å². The van der Waals surface area contributed by atoms with Gasteiger partial charge in [0.05, 0.1) is 0 Å². The van der Waals surface area contributed by atoms with E-state index in [1.165, 1.54) is 20.6 Å². The van der Waals surface area contributed by atoms with Gasteiger partial charge in [-0.1, -0.05) is 0 Å². The first-order chi connectivity index (χ1) is 5.72. The molecule has 0 amide bonds. The van der Waals surface area contributed by atoms with Crippen LogP contribution in [0.3, 0.4) is 0 Å². The van der Waals surface area contributed by atoms with Crippen molar-refractivity contribution in [1.82, 2.24) is 0 Å². The van der Waals surface area contributed by atoms with Gasteiger partial charge in [0.1, 0.15) is 0 Å². The molecule has 0 saturated carbocycles. The number of fused-ring (bicyclic) bond motifs is 1. The Morgan fingerprint density at radius 1 is 1.07 bits per heavy atom. The molecule has 0 radical (unpaired) electrons. The Hall–Kier alpha value is 0.544. The average molecular weight is 297 g/mol. The summed E-state index contributed by atoms with van der Waals surface area (Å²) in [5.74, 6) is 0.626. The Kier molecular flexibility index (Phi) is 8.35. The van der Waals surface area contributed by atoms with Crippen molar-refractivity contribution in [1.29, 1.82) is 0 Å². The molecule has 80 valence electrons. The summed E-state index contributed by atoms with van der Waals surface area (Å²) in [6.45, 7) is 4.50. The number of rotatable bonds is 0. The molecule has 15 heavy (non-hydrogen) atoms. The Balaban J connectivity index is 0. The van der Waals surface area contributed by atoms with Gasteiger partial charge >= 0.3 is 85.0 Å². The van der Waals surface area contributed by atoms with Gasteiger partial charge in [-0.3, -0.25) is 0 Å². The monoisotopic (exact) mass is 296 g/mol. The molecule has 0 aromatic heterocycles. The minimum atomic E-state index is 0. The molecule has 0 aliphatic heterocycles. The molecule has 0 spiro atoms. The number of allylic oxidation sites excluding steroid dienone is 2. The summed E-state index contributed by atoms with van der Waals surface area (Å²) < 4.78 is 1.52. The predicted molar refractivity (Wildman–Crippen MR) is 47.5 cm³/mol. The van der Waals surface area contributed by atoms with Crippen molar-refractivity contribution in [2.24, 2.45) is 0 Å². The van der Waals surface area contributed by atoms with Crippen molar-refractivity contribution in [3.8, 4) is 0 Å². The third kappa shape index (κ3) is 3.02. The van der Waals surface area contributed by atoms with Crippen molar-refractivity contribution in [2.45, 2.75) is 19.8 Å². The van der Waals surface area contributed by atoms with E-state index in [0.717, 1.165) is 0 Å². The first-order valence-corrected chi connectivity index (χ1v) is 5.01. The fourth-order valence-electron chi connectivity index (χ4n) is 1.84. The first-order valence-electron chi connectivity index (χ1n) is 4.23. The summed E-state index contributed by atoms with van der Waals surface area (Å²) in [6, 6.07) is 8.70. The summed E-state index contributed by atoms with van der Waals surface area (Å²) in [4.78, 5) is 0. The molecule has 0 bridgehead atoms. The molecular weight excluding hydrogens is 286 g/mol. The second kappa shape index (κ2) is 6.98. The molecule has 1 aromatic rings. The van der Waals surface area contributed by atoms with Gasteiger partial charge < -0.3 is 37.2 Å². The maximum Gasteiger partial charge on any atom is -1.00 e. The van der Waals surface area contributed by atoms with Crippen LogP contribution in [0.2, 0.25) is 0 Å². The zero-order chi connectivity index (χ0) is 8.72. The van der Waals surface area contributed by atoms with E-state index < -0.39 is 0 Å². The van der Waals surface area contributed by atoms with Gasteiger partial charge in [0.15, 0.2) is 0 Å². The fraction of sp³-hybridized carbons (Fsp3) is 0.273. The largest absolute Gasteiger partial charge is 1.00 e. The predicted octanol–water partition coefficient (Wildman–Crippen LogP) is -5.91. The van der Waals surface area contributed by atoms with Crippen LogP contribution in [0.25, 0.3) is 5.57 Å². The molecule has 1 unspecified atom stereocenters. The smallest absolute Gasteiger partial charge is 1.00 e. The van der Waals surface area contributed by atoms with E-state index in [0.29, 0.717) is 5.92 Å². The quantitative estimate of drug-likeness (QED) is 0.419. The van der Waals surface area contributed by atoms with Gasteiger partial charge in [0.25, 0.3) is 0 Å². The van der Waals surface area contributed by atoms with E-state index in [1.54, 1.807) is 0 Å². The second-order valence-corrected chi connectivity index (χ2v) is 4.19. The van der Waals surface area contributed by atoms with Crippen molar-refractivity contribution < 1.29 is 57.7 Å². The molecule has 1 aromatic carbocycles. The zero-order valence-electron chi connectivity index (χ0n) is 8.52. The Bertz CT molecular complexity index is 361. The van der Waals surface area contributed by atoms with Crippen LogP contribution < -0.4 is 37.2 Å². The van der Waals surface area contributed by atoms with Gasteiger partial charge in [0.2, 0.25) is 0 Å². The zero-order valence-corrected chi connectivity index (χ0v) is 12.3. The van der Waals surface area contributed by atoms with Crippen LogP contribution in [0.5, 0.6) is 0 Å². The number of halogens is 3. The molecule has 2 rings (SSSR count). The molecule has 0 N–H and O–H groups in total. The van der Waals surface area contributed by atoms with Crippen LogP contribution in [0.4, 0.5) is 0 Å². The Morgan fingerprint density at radius 3 is 2.13 bits per heavy atom. The van der Waals surface area contributed by atoms with Crippen molar-refractivity contribution in [3.05, 3.63) is 39.3 Å². The van der Waals surface area contributed by atoms with Gasteiger partial charge in [-0.2, -0.15) is 0 Å². The minimum Gasteiger partial charge on any atom is -1.00 e. The molecule has 4 heteroatoms. The molecule has 1 atom stereocenters. The van der Waals surface area contributed by atoms with Gasteiger partial charge in [0, 0.05) is 0 Å². The van der Waals surface area contributed by atoms with Crippen LogP contribution in [0.15, 0.2) is 28.1 Å². The molecule has 1 aliphatic rings. The maximum absolute atomic E-state index is 2.28. The standard InChI is InChI=1S/C11H11.3ClH.Ti/c1-8-7-9(2)11-6-4-3-5-10(8)11;;;;/h3-6,8H,1-2H3;3*1H;/q;;;;+3/p-3. The Morgan fingerprint density at radius 2 is 1.60 bits per heavy atom. The third-order valence-electron chi connectivity index (χ3n) is 2.67. The van der Waals surface area contributed by atoms with E-state index in [-0.39, 0.29) is 37.2 Å². The summed E-state index contributed by atoms with van der Waals surface area (Å²) >= 11 is 2.24. The van der Waals surface area contributed by atoms with E-state index in [2.05, 4.69) is 58.5 Å². The maximum atomic E-state index is 2.28. The van der Waals surface area contributed by atoms with Gasteiger partial charge in [-0.15, -0.1) is 0 Å². The SMILES string of the molecule is CC1=[C]([Ti+3])C(C)c2ccccc21.[Cl-].[Cl-].[Cl-]. The van der Waals surface area contributed by atoms with Crippen molar-refractivity contribution >= 4 is 5.57 Å². The number of benzene rings is 1. The van der Waals surface area contributed by atoms with E-state index >= 15 is 0 Å².